The first kappa shape index (κ1) is 14.8. The number of amides is 1. The molecule has 0 atom stereocenters. The first-order valence-electron chi connectivity index (χ1n) is 6.56. The van der Waals surface area contributed by atoms with Crippen molar-refractivity contribution in [2.75, 3.05) is 6.54 Å². The van der Waals surface area contributed by atoms with Crippen LogP contribution >= 0.6 is 0 Å². The van der Waals surface area contributed by atoms with Crippen LogP contribution in [0, 0.1) is 5.82 Å². The van der Waals surface area contributed by atoms with Crippen LogP contribution in [0.15, 0.2) is 48.5 Å². The third-order valence-corrected chi connectivity index (χ3v) is 2.84. The Kier molecular flexibility index (Phi) is 5.15. The number of hydrogen-bond acceptors (Lipinski definition) is 3. The highest BCUT2D eigenvalue weighted by Gasteiger charge is 2.04. The minimum Gasteiger partial charge on any atom is -0.508 e. The van der Waals surface area contributed by atoms with Gasteiger partial charge in [0.05, 0.1) is 0 Å². The van der Waals surface area contributed by atoms with Crippen molar-refractivity contribution in [1.29, 1.82) is 0 Å². The van der Waals surface area contributed by atoms with Crippen molar-refractivity contribution < 1.29 is 19.0 Å². The Balaban J connectivity index is 1.72. The molecule has 1 amide bonds. The summed E-state index contributed by atoms with van der Waals surface area (Å²) < 4.78 is 18.1. The molecule has 2 aromatic rings. The number of alkyl carbamates (subject to hydrolysis) is 1. The minimum absolute atomic E-state index is 0.128. The summed E-state index contributed by atoms with van der Waals surface area (Å²) in [5.74, 6) is -0.631. The molecule has 0 saturated heterocycles. The maximum atomic E-state index is 13.1. The van der Waals surface area contributed by atoms with Gasteiger partial charge in [-0.25, -0.2) is 9.18 Å². The number of phenolic OH excluding ortho intramolecular Hbond substituents is 1. The molecule has 2 aromatic carbocycles. The molecule has 2 rings (SSSR count). The second kappa shape index (κ2) is 7.28. The molecular weight excluding hydrogens is 273 g/mol. The number of carbonyl (C=O) groups excluding carboxylic acids is 1. The van der Waals surface area contributed by atoms with Crippen LogP contribution in [0.1, 0.15) is 11.1 Å². The zero-order valence-corrected chi connectivity index (χ0v) is 11.4. The van der Waals surface area contributed by atoms with Gasteiger partial charge in [0.1, 0.15) is 18.2 Å². The van der Waals surface area contributed by atoms with Gasteiger partial charge < -0.3 is 15.2 Å². The summed E-state index contributed by atoms with van der Waals surface area (Å²) in [5.41, 5.74) is 1.51. The number of phenols is 1. The SMILES string of the molecule is O=C(NCCc1cc(O)cc(F)c1)OCc1ccccc1. The number of ether oxygens (including phenoxy) is 1. The third-order valence-electron chi connectivity index (χ3n) is 2.84. The van der Waals surface area contributed by atoms with Crippen molar-refractivity contribution >= 4 is 6.09 Å². The second-order valence-corrected chi connectivity index (χ2v) is 4.56. The monoisotopic (exact) mass is 289 g/mol. The topological polar surface area (TPSA) is 58.6 Å². The summed E-state index contributed by atoms with van der Waals surface area (Å²) in [7, 11) is 0. The summed E-state index contributed by atoms with van der Waals surface area (Å²) in [6.07, 6.45) is -0.120. The lowest BCUT2D eigenvalue weighted by Crippen LogP contribution is -2.26. The quantitative estimate of drug-likeness (QED) is 0.889. The number of aromatic hydroxyl groups is 1. The van der Waals surface area contributed by atoms with E-state index in [4.69, 9.17) is 4.74 Å². The molecule has 4 nitrogen and oxygen atoms in total. The molecule has 0 aliphatic carbocycles. The molecule has 0 radical (unpaired) electrons. The van der Waals surface area contributed by atoms with E-state index in [-0.39, 0.29) is 12.4 Å². The van der Waals surface area contributed by atoms with Crippen LogP contribution in [0.3, 0.4) is 0 Å². The first-order chi connectivity index (χ1) is 10.1. The largest absolute Gasteiger partial charge is 0.508 e. The Labute approximate surface area is 122 Å². The third kappa shape index (κ3) is 5.14. The van der Waals surface area contributed by atoms with E-state index >= 15 is 0 Å². The smallest absolute Gasteiger partial charge is 0.407 e. The fourth-order valence-electron chi connectivity index (χ4n) is 1.86. The minimum atomic E-state index is -0.528. The van der Waals surface area contributed by atoms with Crippen LogP contribution in [0.5, 0.6) is 5.75 Å². The standard InChI is InChI=1S/C16H16FNO3/c17-14-8-13(9-15(19)10-14)6-7-18-16(20)21-11-12-4-2-1-3-5-12/h1-5,8-10,19H,6-7,11H2,(H,18,20). The molecule has 110 valence electrons. The van der Waals surface area contributed by atoms with Crippen LogP contribution in [-0.2, 0) is 17.8 Å². The van der Waals surface area contributed by atoms with E-state index in [1.807, 2.05) is 30.3 Å². The van der Waals surface area contributed by atoms with Crippen LogP contribution in [0.2, 0.25) is 0 Å². The van der Waals surface area contributed by atoms with E-state index in [9.17, 15) is 14.3 Å². The van der Waals surface area contributed by atoms with E-state index in [0.29, 0.717) is 18.5 Å². The Morgan fingerprint density at radius 2 is 1.90 bits per heavy atom. The summed E-state index contributed by atoms with van der Waals surface area (Å²) >= 11 is 0. The Hall–Kier alpha value is -2.56. The van der Waals surface area contributed by atoms with Gasteiger partial charge in [-0.05, 0) is 29.7 Å². The average Bonchev–Trinajstić information content (AvgIpc) is 2.45. The molecule has 0 aliphatic rings. The highest BCUT2D eigenvalue weighted by Crippen LogP contribution is 2.14. The lowest BCUT2D eigenvalue weighted by molar-refractivity contribution is 0.140. The fraction of sp³-hybridized carbons (Fsp3) is 0.188. The van der Waals surface area contributed by atoms with Crippen molar-refractivity contribution in [3.05, 3.63) is 65.5 Å². The maximum absolute atomic E-state index is 13.1. The van der Waals surface area contributed by atoms with Gasteiger partial charge in [-0.2, -0.15) is 0 Å². The van der Waals surface area contributed by atoms with Gasteiger partial charge in [-0.3, -0.25) is 0 Å². The molecule has 0 spiro atoms. The Morgan fingerprint density at radius 3 is 2.62 bits per heavy atom. The summed E-state index contributed by atoms with van der Waals surface area (Å²) in [6, 6.07) is 13.2. The van der Waals surface area contributed by atoms with Crippen molar-refractivity contribution in [2.24, 2.45) is 0 Å². The summed E-state index contributed by atoms with van der Waals surface area (Å²) in [6.45, 7) is 0.504. The van der Waals surface area contributed by atoms with Crippen molar-refractivity contribution in [3.8, 4) is 5.75 Å². The highest BCUT2D eigenvalue weighted by molar-refractivity contribution is 5.67. The van der Waals surface area contributed by atoms with Crippen molar-refractivity contribution in [2.45, 2.75) is 13.0 Å². The molecule has 0 saturated carbocycles. The molecular formula is C16H16FNO3. The van der Waals surface area contributed by atoms with Crippen LogP contribution in [0.4, 0.5) is 9.18 Å². The predicted molar refractivity (Wildman–Crippen MR) is 76.4 cm³/mol. The Morgan fingerprint density at radius 1 is 1.14 bits per heavy atom. The highest BCUT2D eigenvalue weighted by atomic mass is 19.1. The van der Waals surface area contributed by atoms with E-state index in [1.165, 1.54) is 12.1 Å². The molecule has 21 heavy (non-hydrogen) atoms. The molecule has 0 heterocycles. The van der Waals surface area contributed by atoms with E-state index in [1.54, 1.807) is 0 Å². The van der Waals surface area contributed by atoms with Crippen LogP contribution < -0.4 is 5.32 Å². The molecule has 0 fully saturated rings. The molecule has 0 aliphatic heterocycles. The van der Waals surface area contributed by atoms with Crippen molar-refractivity contribution in [3.63, 3.8) is 0 Å². The van der Waals surface area contributed by atoms with E-state index in [2.05, 4.69) is 5.32 Å². The number of benzene rings is 2. The fourth-order valence-corrected chi connectivity index (χ4v) is 1.86. The Bertz CT molecular complexity index is 581. The number of hydrogen-bond donors (Lipinski definition) is 2. The zero-order chi connectivity index (χ0) is 15.1. The van der Waals surface area contributed by atoms with Gasteiger partial charge in [-0.1, -0.05) is 30.3 Å². The van der Waals surface area contributed by atoms with Gasteiger partial charge >= 0.3 is 6.09 Å². The van der Waals surface area contributed by atoms with Gasteiger partial charge in [0.2, 0.25) is 0 Å². The summed E-state index contributed by atoms with van der Waals surface area (Å²) in [4.78, 5) is 11.5. The van der Waals surface area contributed by atoms with E-state index in [0.717, 1.165) is 11.6 Å². The second-order valence-electron chi connectivity index (χ2n) is 4.56. The summed E-state index contributed by atoms with van der Waals surface area (Å²) in [5, 5.41) is 11.8. The molecule has 0 aromatic heterocycles. The number of carbonyl (C=O) groups is 1. The van der Waals surface area contributed by atoms with Gasteiger partial charge in [0, 0.05) is 12.6 Å². The zero-order valence-electron chi connectivity index (χ0n) is 11.4. The predicted octanol–water partition coefficient (Wildman–Crippen LogP) is 3.00. The lowest BCUT2D eigenvalue weighted by Gasteiger charge is -2.07. The maximum Gasteiger partial charge on any atom is 0.407 e. The van der Waals surface area contributed by atoms with E-state index < -0.39 is 11.9 Å². The van der Waals surface area contributed by atoms with Gasteiger partial charge in [0.15, 0.2) is 0 Å². The average molecular weight is 289 g/mol. The molecule has 0 unspecified atom stereocenters. The molecule has 0 bridgehead atoms. The number of nitrogens with one attached hydrogen (secondary N) is 1. The molecule has 5 heteroatoms. The van der Waals surface area contributed by atoms with Crippen molar-refractivity contribution in [1.82, 2.24) is 5.32 Å². The first-order valence-corrected chi connectivity index (χ1v) is 6.56. The normalized spacial score (nSPS) is 10.1. The van der Waals surface area contributed by atoms with Gasteiger partial charge in [-0.15, -0.1) is 0 Å². The molecule has 2 N–H and O–H groups in total. The number of rotatable bonds is 5. The number of halogens is 1. The van der Waals surface area contributed by atoms with Crippen LogP contribution in [-0.4, -0.2) is 17.7 Å². The van der Waals surface area contributed by atoms with Gasteiger partial charge in [0.25, 0.3) is 0 Å². The van der Waals surface area contributed by atoms with Crippen LogP contribution in [0.25, 0.3) is 0 Å². The lowest BCUT2D eigenvalue weighted by atomic mass is 10.1.